The molecule has 0 atom stereocenters. The van der Waals surface area contributed by atoms with Crippen LogP contribution >= 0.6 is 12.2 Å². The first-order valence-corrected chi connectivity index (χ1v) is 8.45. The van der Waals surface area contributed by atoms with Crippen molar-refractivity contribution in [1.82, 2.24) is 0 Å². The van der Waals surface area contributed by atoms with Crippen molar-refractivity contribution >= 4 is 38.7 Å². The van der Waals surface area contributed by atoms with E-state index < -0.39 is 16.6 Å². The molecule has 0 aliphatic rings. The molecule has 0 radical (unpaired) electrons. The first-order valence-electron chi connectivity index (χ1n) is 6.50. The number of rotatable bonds is 5. The van der Waals surface area contributed by atoms with Gasteiger partial charge in [0.15, 0.2) is 5.11 Å². The number of halogens is 2. The molecule has 0 unspecified atom stereocenters. The molecule has 0 aromatic heterocycles. The number of sulfonamides is 1. The van der Waals surface area contributed by atoms with Crippen LogP contribution in [0.4, 0.5) is 20.2 Å². The van der Waals surface area contributed by atoms with Crippen molar-refractivity contribution in [1.29, 1.82) is 0 Å². The molecule has 0 heterocycles. The summed E-state index contributed by atoms with van der Waals surface area (Å²) in [6.45, 7) is -2.88. The van der Waals surface area contributed by atoms with Gasteiger partial charge in [0.25, 0.3) is 0 Å². The SMILES string of the molecule is NS(=O)(=O)c1ccc(NC(=S)Nc2ccc(OC(F)F)cc2)cc1. The molecule has 0 bridgehead atoms. The van der Waals surface area contributed by atoms with Crippen molar-refractivity contribution in [2.45, 2.75) is 11.5 Å². The number of anilines is 2. The number of hydrogen-bond donors (Lipinski definition) is 3. The second-order valence-electron chi connectivity index (χ2n) is 4.55. The molecule has 0 spiro atoms. The standard InChI is InChI=1S/C14H13F2N3O3S2/c15-13(16)22-11-5-1-9(2-6-11)18-14(23)19-10-3-7-12(8-4-10)24(17,20)21/h1-8,13H,(H2,17,20,21)(H2,18,19,23). The van der Waals surface area contributed by atoms with Crippen LogP contribution in [0.3, 0.4) is 0 Å². The minimum atomic E-state index is -3.75. The van der Waals surface area contributed by atoms with Crippen LogP contribution in [-0.2, 0) is 10.0 Å². The zero-order chi connectivity index (χ0) is 17.7. The van der Waals surface area contributed by atoms with Gasteiger partial charge in [0.1, 0.15) is 5.75 Å². The van der Waals surface area contributed by atoms with Crippen molar-refractivity contribution in [3.63, 3.8) is 0 Å². The smallest absolute Gasteiger partial charge is 0.387 e. The Hall–Kier alpha value is -2.30. The molecular weight excluding hydrogens is 360 g/mol. The zero-order valence-corrected chi connectivity index (χ0v) is 13.7. The van der Waals surface area contributed by atoms with Crippen LogP contribution in [0, 0.1) is 0 Å². The monoisotopic (exact) mass is 373 g/mol. The van der Waals surface area contributed by atoms with Gasteiger partial charge in [-0.1, -0.05) is 0 Å². The van der Waals surface area contributed by atoms with Crippen LogP contribution in [0.5, 0.6) is 5.75 Å². The molecule has 128 valence electrons. The third kappa shape index (κ3) is 5.41. The van der Waals surface area contributed by atoms with Gasteiger partial charge >= 0.3 is 6.61 Å². The van der Waals surface area contributed by atoms with Crippen molar-refractivity contribution in [2.75, 3.05) is 10.6 Å². The second kappa shape index (κ2) is 7.51. The molecule has 0 aliphatic heterocycles. The van der Waals surface area contributed by atoms with E-state index in [9.17, 15) is 17.2 Å². The summed E-state index contributed by atoms with van der Waals surface area (Å²) in [6.07, 6.45) is 0. The van der Waals surface area contributed by atoms with Gasteiger partial charge in [-0.05, 0) is 60.7 Å². The molecule has 0 fully saturated rings. The quantitative estimate of drug-likeness (QED) is 0.698. The zero-order valence-electron chi connectivity index (χ0n) is 12.1. The van der Waals surface area contributed by atoms with Crippen molar-refractivity contribution in [3.05, 3.63) is 48.5 Å². The van der Waals surface area contributed by atoms with Crippen LogP contribution < -0.4 is 20.5 Å². The Bertz CT molecular complexity index is 810. The van der Waals surface area contributed by atoms with E-state index in [4.69, 9.17) is 17.4 Å². The molecule has 0 saturated heterocycles. The number of hydrogen-bond acceptors (Lipinski definition) is 4. The van der Waals surface area contributed by atoms with Crippen molar-refractivity contribution < 1.29 is 21.9 Å². The van der Waals surface area contributed by atoms with E-state index in [1.807, 2.05) is 0 Å². The van der Waals surface area contributed by atoms with Gasteiger partial charge in [-0.15, -0.1) is 0 Å². The summed E-state index contributed by atoms with van der Waals surface area (Å²) in [6, 6.07) is 11.5. The highest BCUT2D eigenvalue weighted by atomic mass is 32.2. The first kappa shape index (κ1) is 18.0. The van der Waals surface area contributed by atoms with Crippen molar-refractivity contribution in [2.24, 2.45) is 5.14 Å². The van der Waals surface area contributed by atoms with Crippen LogP contribution in [0.1, 0.15) is 0 Å². The molecule has 2 aromatic carbocycles. The molecule has 4 N–H and O–H groups in total. The Morgan fingerprint density at radius 3 is 1.88 bits per heavy atom. The van der Waals surface area contributed by atoms with E-state index in [1.54, 1.807) is 0 Å². The molecule has 2 aromatic rings. The van der Waals surface area contributed by atoms with Crippen LogP contribution in [0.25, 0.3) is 0 Å². The fourth-order valence-electron chi connectivity index (χ4n) is 1.74. The predicted octanol–water partition coefficient (Wildman–Crippen LogP) is 2.74. The molecular formula is C14H13F2N3O3S2. The minimum absolute atomic E-state index is 0.0125. The van der Waals surface area contributed by atoms with Gasteiger partial charge in [0, 0.05) is 11.4 Å². The number of benzene rings is 2. The fraction of sp³-hybridized carbons (Fsp3) is 0.0714. The molecule has 0 amide bonds. The van der Waals surface area contributed by atoms with Crippen LogP contribution in [-0.4, -0.2) is 20.1 Å². The van der Waals surface area contributed by atoms with E-state index in [0.29, 0.717) is 11.4 Å². The number of thiocarbonyl (C=S) groups is 1. The van der Waals surface area contributed by atoms with E-state index in [-0.39, 0.29) is 15.8 Å². The van der Waals surface area contributed by atoms with Gasteiger partial charge in [-0.3, -0.25) is 0 Å². The van der Waals surface area contributed by atoms with E-state index in [1.165, 1.54) is 48.5 Å². The normalized spacial score (nSPS) is 11.2. The highest BCUT2D eigenvalue weighted by molar-refractivity contribution is 7.89. The Morgan fingerprint density at radius 1 is 1.00 bits per heavy atom. The predicted molar refractivity (Wildman–Crippen MR) is 90.7 cm³/mol. The number of nitrogens with one attached hydrogen (secondary N) is 2. The second-order valence-corrected chi connectivity index (χ2v) is 6.52. The number of nitrogens with two attached hydrogens (primary N) is 1. The lowest BCUT2D eigenvalue weighted by atomic mass is 10.3. The van der Waals surface area contributed by atoms with Gasteiger partial charge in [0.2, 0.25) is 10.0 Å². The first-order chi connectivity index (χ1) is 11.2. The largest absolute Gasteiger partial charge is 0.435 e. The molecule has 10 heteroatoms. The number of primary sulfonamides is 1. The lowest BCUT2D eigenvalue weighted by Crippen LogP contribution is -2.19. The highest BCUT2D eigenvalue weighted by Gasteiger charge is 2.07. The summed E-state index contributed by atoms with van der Waals surface area (Å²) in [5, 5.41) is 10.9. The van der Waals surface area contributed by atoms with Crippen LogP contribution in [0.2, 0.25) is 0 Å². The maximum atomic E-state index is 12.1. The average Bonchev–Trinajstić information content (AvgIpc) is 2.48. The number of ether oxygens (including phenoxy) is 1. The highest BCUT2D eigenvalue weighted by Crippen LogP contribution is 2.18. The maximum absolute atomic E-state index is 12.1. The third-order valence-corrected chi connectivity index (χ3v) is 3.91. The van der Waals surface area contributed by atoms with Gasteiger partial charge < -0.3 is 15.4 Å². The summed E-state index contributed by atoms with van der Waals surface area (Å²) in [7, 11) is -3.75. The topological polar surface area (TPSA) is 93.5 Å². The summed E-state index contributed by atoms with van der Waals surface area (Å²) in [4.78, 5) is -0.0125. The van der Waals surface area contributed by atoms with Gasteiger partial charge in [-0.2, -0.15) is 8.78 Å². The summed E-state index contributed by atoms with van der Waals surface area (Å²) in [5.74, 6) is 0.0352. The van der Waals surface area contributed by atoms with E-state index in [2.05, 4.69) is 15.4 Å². The lowest BCUT2D eigenvalue weighted by molar-refractivity contribution is -0.0498. The number of alkyl halides is 2. The van der Waals surface area contributed by atoms with E-state index in [0.717, 1.165) is 0 Å². The lowest BCUT2D eigenvalue weighted by Gasteiger charge is -2.11. The Labute approximate surface area is 142 Å². The molecule has 0 saturated carbocycles. The Kier molecular flexibility index (Phi) is 5.65. The molecule has 24 heavy (non-hydrogen) atoms. The summed E-state index contributed by atoms with van der Waals surface area (Å²) >= 11 is 5.11. The Morgan fingerprint density at radius 2 is 1.46 bits per heavy atom. The molecule has 2 rings (SSSR count). The Balaban J connectivity index is 1.95. The van der Waals surface area contributed by atoms with Gasteiger partial charge in [0.05, 0.1) is 4.90 Å². The average molecular weight is 373 g/mol. The minimum Gasteiger partial charge on any atom is -0.435 e. The molecule has 6 nitrogen and oxygen atoms in total. The maximum Gasteiger partial charge on any atom is 0.387 e. The van der Waals surface area contributed by atoms with E-state index >= 15 is 0 Å². The summed E-state index contributed by atoms with van der Waals surface area (Å²) in [5.41, 5.74) is 1.12. The van der Waals surface area contributed by atoms with Gasteiger partial charge in [-0.25, -0.2) is 13.6 Å². The van der Waals surface area contributed by atoms with Crippen LogP contribution in [0.15, 0.2) is 53.4 Å². The molecule has 0 aliphatic carbocycles. The van der Waals surface area contributed by atoms with Crippen molar-refractivity contribution in [3.8, 4) is 5.75 Å². The third-order valence-electron chi connectivity index (χ3n) is 2.78. The summed E-state index contributed by atoms with van der Waals surface area (Å²) < 4.78 is 50.7. The fourth-order valence-corrected chi connectivity index (χ4v) is 2.49.